The van der Waals surface area contributed by atoms with Crippen LogP contribution in [-0.4, -0.2) is 12.2 Å². The Bertz CT molecular complexity index is 439. The second-order valence-electron chi connectivity index (χ2n) is 3.01. The van der Waals surface area contributed by atoms with Crippen LogP contribution in [0.4, 0.5) is 0 Å². The number of benzene rings is 1. The highest BCUT2D eigenvalue weighted by Gasteiger charge is 2.06. The smallest absolute Gasteiger partial charge is 0.124 e. The quantitative estimate of drug-likeness (QED) is 0.674. The molecule has 3 N–H and O–H groups in total. The molecule has 0 radical (unpaired) electrons. The first kappa shape index (κ1) is 9.45. The first-order chi connectivity index (χ1) is 6.83. The maximum absolute atomic E-state index is 9.70. The molecule has 0 atom stereocenters. The summed E-state index contributed by atoms with van der Waals surface area (Å²) in [7, 11) is 1.83. The van der Waals surface area contributed by atoms with Crippen LogP contribution < -0.4 is 10.9 Å². The van der Waals surface area contributed by atoms with Crippen LogP contribution in [0.15, 0.2) is 23.6 Å². The van der Waals surface area contributed by atoms with E-state index in [2.05, 4.69) is 16.2 Å². The van der Waals surface area contributed by atoms with Gasteiger partial charge in [0.15, 0.2) is 0 Å². The second kappa shape index (κ2) is 3.96. The zero-order valence-electron chi connectivity index (χ0n) is 7.87. The topological polar surface area (TPSA) is 44.3 Å². The van der Waals surface area contributed by atoms with Crippen molar-refractivity contribution >= 4 is 21.4 Å². The molecule has 0 aliphatic rings. The predicted octanol–water partition coefficient (Wildman–Crippen LogP) is 1.83. The first-order valence-electron chi connectivity index (χ1n) is 4.40. The van der Waals surface area contributed by atoms with Gasteiger partial charge in [0, 0.05) is 16.6 Å². The number of phenolic OH excluding ortho intramolecular Hbond substituents is 1. The van der Waals surface area contributed by atoms with E-state index in [1.165, 1.54) is 0 Å². The lowest BCUT2D eigenvalue weighted by Crippen LogP contribution is -2.26. The molecule has 1 heterocycles. The summed E-state index contributed by atoms with van der Waals surface area (Å²) >= 11 is 1.65. The van der Waals surface area contributed by atoms with Gasteiger partial charge in [0.2, 0.25) is 0 Å². The summed E-state index contributed by atoms with van der Waals surface area (Å²) in [5.41, 5.74) is 7.00. The lowest BCUT2D eigenvalue weighted by Gasteiger charge is -2.02. The fraction of sp³-hybridized carbons (Fsp3) is 0.200. The van der Waals surface area contributed by atoms with Gasteiger partial charge >= 0.3 is 0 Å². The van der Waals surface area contributed by atoms with Gasteiger partial charge in [-0.25, -0.2) is 0 Å². The van der Waals surface area contributed by atoms with Gasteiger partial charge in [0.1, 0.15) is 5.75 Å². The number of nitrogens with one attached hydrogen (secondary N) is 2. The van der Waals surface area contributed by atoms with Gasteiger partial charge < -0.3 is 5.11 Å². The van der Waals surface area contributed by atoms with E-state index in [4.69, 9.17) is 0 Å². The molecule has 0 aliphatic carbocycles. The van der Waals surface area contributed by atoms with E-state index in [1.807, 2.05) is 19.2 Å². The summed E-state index contributed by atoms with van der Waals surface area (Å²) in [4.78, 5) is 0. The number of hydrazine groups is 1. The van der Waals surface area contributed by atoms with Crippen LogP contribution in [0.5, 0.6) is 5.75 Å². The van der Waals surface area contributed by atoms with Crippen LogP contribution in [0.25, 0.3) is 10.1 Å². The fourth-order valence-electron chi connectivity index (χ4n) is 1.45. The standard InChI is InChI=1S/C10H12N2OS/c1-11-12-5-7-6-14-9-4-2-3-8(13)10(7)9/h2-4,6,11-13H,5H2,1H3. The average molecular weight is 208 g/mol. The van der Waals surface area contributed by atoms with Crippen LogP contribution in [-0.2, 0) is 6.54 Å². The Labute approximate surface area is 86.3 Å². The third-order valence-electron chi connectivity index (χ3n) is 2.11. The minimum Gasteiger partial charge on any atom is -0.507 e. The lowest BCUT2D eigenvalue weighted by molar-refractivity contribution is 0.481. The van der Waals surface area contributed by atoms with Crippen molar-refractivity contribution in [1.29, 1.82) is 0 Å². The summed E-state index contributed by atoms with van der Waals surface area (Å²) in [5.74, 6) is 0.358. The molecule has 0 bridgehead atoms. The monoisotopic (exact) mass is 208 g/mol. The van der Waals surface area contributed by atoms with Crippen molar-refractivity contribution < 1.29 is 5.11 Å². The normalized spacial score (nSPS) is 10.9. The number of hydrogen-bond acceptors (Lipinski definition) is 4. The zero-order valence-corrected chi connectivity index (χ0v) is 8.69. The van der Waals surface area contributed by atoms with Gasteiger partial charge in [0.25, 0.3) is 0 Å². The van der Waals surface area contributed by atoms with Crippen molar-refractivity contribution in [2.75, 3.05) is 7.05 Å². The molecule has 1 aromatic heterocycles. The van der Waals surface area contributed by atoms with E-state index in [-0.39, 0.29) is 0 Å². The molecule has 4 heteroatoms. The Morgan fingerprint density at radius 1 is 1.43 bits per heavy atom. The molecular weight excluding hydrogens is 196 g/mol. The molecule has 2 aromatic rings. The minimum atomic E-state index is 0.358. The third-order valence-corrected chi connectivity index (χ3v) is 3.11. The Hall–Kier alpha value is -1.10. The van der Waals surface area contributed by atoms with Gasteiger partial charge in [-0.3, -0.25) is 10.9 Å². The van der Waals surface area contributed by atoms with Gasteiger partial charge in [-0.05, 0) is 30.1 Å². The number of thiophene rings is 1. The van der Waals surface area contributed by atoms with Crippen LogP contribution in [0.3, 0.4) is 0 Å². The molecule has 0 saturated carbocycles. The van der Waals surface area contributed by atoms with Gasteiger partial charge in [0.05, 0.1) is 0 Å². The Morgan fingerprint density at radius 3 is 3.07 bits per heavy atom. The highest BCUT2D eigenvalue weighted by molar-refractivity contribution is 7.17. The summed E-state index contributed by atoms with van der Waals surface area (Å²) in [6.45, 7) is 0.716. The Morgan fingerprint density at radius 2 is 2.29 bits per heavy atom. The van der Waals surface area contributed by atoms with Crippen molar-refractivity contribution in [3.63, 3.8) is 0 Å². The van der Waals surface area contributed by atoms with E-state index < -0.39 is 0 Å². The van der Waals surface area contributed by atoms with Gasteiger partial charge in [-0.15, -0.1) is 11.3 Å². The SMILES string of the molecule is CNNCc1csc2cccc(O)c12. The molecular formula is C10H12N2OS. The second-order valence-corrected chi connectivity index (χ2v) is 3.93. The summed E-state index contributed by atoms with van der Waals surface area (Å²) in [6.07, 6.45) is 0. The summed E-state index contributed by atoms with van der Waals surface area (Å²) < 4.78 is 1.12. The molecule has 3 nitrogen and oxygen atoms in total. The van der Waals surface area contributed by atoms with E-state index >= 15 is 0 Å². The highest BCUT2D eigenvalue weighted by atomic mass is 32.1. The number of rotatable bonds is 3. The molecule has 14 heavy (non-hydrogen) atoms. The maximum Gasteiger partial charge on any atom is 0.124 e. The van der Waals surface area contributed by atoms with Crippen molar-refractivity contribution in [2.24, 2.45) is 0 Å². The number of aromatic hydroxyl groups is 1. The van der Waals surface area contributed by atoms with Gasteiger partial charge in [-0.2, -0.15) is 0 Å². The molecule has 0 unspecified atom stereocenters. The van der Waals surface area contributed by atoms with E-state index in [0.717, 1.165) is 15.6 Å². The molecule has 0 fully saturated rings. The van der Waals surface area contributed by atoms with E-state index in [1.54, 1.807) is 17.4 Å². The largest absolute Gasteiger partial charge is 0.507 e. The van der Waals surface area contributed by atoms with E-state index in [9.17, 15) is 5.11 Å². The summed E-state index contributed by atoms with van der Waals surface area (Å²) in [5, 5.41) is 12.7. The van der Waals surface area contributed by atoms with Crippen LogP contribution >= 0.6 is 11.3 Å². The number of hydrogen-bond donors (Lipinski definition) is 3. The van der Waals surface area contributed by atoms with Gasteiger partial charge in [-0.1, -0.05) is 6.07 Å². The Kier molecular flexibility index (Phi) is 2.67. The molecule has 0 aliphatic heterocycles. The molecule has 0 amide bonds. The average Bonchev–Trinajstić information content (AvgIpc) is 2.59. The summed E-state index contributed by atoms with van der Waals surface area (Å²) in [6, 6.07) is 5.60. The molecule has 2 rings (SSSR count). The van der Waals surface area contributed by atoms with Crippen LogP contribution in [0.2, 0.25) is 0 Å². The van der Waals surface area contributed by atoms with Crippen LogP contribution in [0, 0.1) is 0 Å². The number of phenols is 1. The molecule has 0 saturated heterocycles. The van der Waals surface area contributed by atoms with Crippen molar-refractivity contribution in [1.82, 2.24) is 10.9 Å². The molecule has 0 spiro atoms. The van der Waals surface area contributed by atoms with Crippen molar-refractivity contribution in [3.8, 4) is 5.75 Å². The highest BCUT2D eigenvalue weighted by Crippen LogP contribution is 2.32. The Balaban J connectivity index is 2.45. The third kappa shape index (κ3) is 1.59. The zero-order chi connectivity index (χ0) is 9.97. The van der Waals surface area contributed by atoms with Crippen molar-refractivity contribution in [3.05, 3.63) is 29.1 Å². The van der Waals surface area contributed by atoms with Crippen molar-refractivity contribution in [2.45, 2.75) is 6.54 Å². The fourth-order valence-corrected chi connectivity index (χ4v) is 2.43. The molecule has 1 aromatic carbocycles. The van der Waals surface area contributed by atoms with Crippen LogP contribution in [0.1, 0.15) is 5.56 Å². The molecule has 74 valence electrons. The lowest BCUT2D eigenvalue weighted by atomic mass is 10.1. The first-order valence-corrected chi connectivity index (χ1v) is 5.28. The number of fused-ring (bicyclic) bond motifs is 1. The van der Waals surface area contributed by atoms with E-state index in [0.29, 0.717) is 12.3 Å². The maximum atomic E-state index is 9.70. The predicted molar refractivity (Wildman–Crippen MR) is 59.4 cm³/mol. The minimum absolute atomic E-state index is 0.358.